The molecular formula is C27H33ClN4O3. The molecule has 0 spiro atoms. The average molecular weight is 497 g/mol. The average Bonchev–Trinajstić information content (AvgIpc) is 2.90. The van der Waals surface area contributed by atoms with Gasteiger partial charge in [0.1, 0.15) is 5.75 Å². The molecule has 0 aliphatic carbocycles. The van der Waals surface area contributed by atoms with Crippen molar-refractivity contribution in [2.75, 3.05) is 26.7 Å². The molecule has 8 heteroatoms. The molecule has 35 heavy (non-hydrogen) atoms. The number of nitrogens with one attached hydrogen (secondary N) is 1. The van der Waals surface area contributed by atoms with Gasteiger partial charge in [-0.15, -0.1) is 0 Å². The molecule has 2 aromatic heterocycles. The summed E-state index contributed by atoms with van der Waals surface area (Å²) in [6.07, 6.45) is 11.1. The number of amides is 1. The van der Waals surface area contributed by atoms with Gasteiger partial charge in [-0.2, -0.15) is 0 Å². The van der Waals surface area contributed by atoms with E-state index < -0.39 is 5.41 Å². The van der Waals surface area contributed by atoms with E-state index in [2.05, 4.69) is 20.9 Å². The first-order chi connectivity index (χ1) is 17.0. The molecule has 0 bridgehead atoms. The summed E-state index contributed by atoms with van der Waals surface area (Å²) in [5, 5.41) is 11.1. The van der Waals surface area contributed by atoms with Crippen LogP contribution in [-0.4, -0.2) is 52.7 Å². The van der Waals surface area contributed by atoms with E-state index in [0.29, 0.717) is 11.4 Å². The Morgan fingerprint density at radius 3 is 2.74 bits per heavy atom. The second kappa shape index (κ2) is 11.8. The molecule has 0 atom stereocenters. The Morgan fingerprint density at radius 1 is 1.20 bits per heavy atom. The molecule has 2 N–H and O–H groups in total. The van der Waals surface area contributed by atoms with Crippen LogP contribution in [0.3, 0.4) is 0 Å². The van der Waals surface area contributed by atoms with Crippen LogP contribution in [0.1, 0.15) is 43.2 Å². The van der Waals surface area contributed by atoms with E-state index in [1.165, 1.54) is 5.56 Å². The number of methoxy groups -OCH3 is 1. The number of carbonyl (C=O) groups excluding carboxylic acids is 1. The monoisotopic (exact) mass is 496 g/mol. The van der Waals surface area contributed by atoms with Crippen molar-refractivity contribution in [1.29, 1.82) is 0 Å². The second-order valence-electron chi connectivity index (χ2n) is 9.35. The zero-order chi connectivity index (χ0) is 24.7. The van der Waals surface area contributed by atoms with Gasteiger partial charge < -0.3 is 9.64 Å². The molecule has 0 unspecified atom stereocenters. The van der Waals surface area contributed by atoms with Crippen molar-refractivity contribution in [3.63, 3.8) is 0 Å². The third-order valence-electron chi connectivity index (χ3n) is 7.28. The number of ether oxygens (including phenoxy) is 1. The number of hydrogen-bond donors (Lipinski definition) is 2. The molecule has 0 radical (unpaired) electrons. The van der Waals surface area contributed by atoms with Crippen LogP contribution in [0.2, 0.25) is 5.02 Å². The van der Waals surface area contributed by atoms with Crippen LogP contribution in [0.25, 0.3) is 10.9 Å². The molecule has 1 amide bonds. The fourth-order valence-corrected chi connectivity index (χ4v) is 5.40. The van der Waals surface area contributed by atoms with E-state index >= 15 is 0 Å². The number of benzene rings is 1. The number of hydrogen-bond acceptors (Lipinski definition) is 6. The number of halogens is 1. The maximum atomic E-state index is 12.8. The second-order valence-corrected chi connectivity index (χ2v) is 9.76. The van der Waals surface area contributed by atoms with Crippen molar-refractivity contribution in [2.24, 2.45) is 5.41 Å². The van der Waals surface area contributed by atoms with Crippen molar-refractivity contribution in [1.82, 2.24) is 20.3 Å². The van der Waals surface area contributed by atoms with Crippen LogP contribution in [0.5, 0.6) is 5.75 Å². The van der Waals surface area contributed by atoms with Gasteiger partial charge in [-0.1, -0.05) is 17.7 Å². The predicted octanol–water partition coefficient (Wildman–Crippen LogP) is 4.83. The number of aryl methyl sites for hydroxylation is 2. The lowest BCUT2D eigenvalue weighted by Crippen LogP contribution is -2.48. The minimum atomic E-state index is -0.568. The largest absolute Gasteiger partial charge is 0.497 e. The van der Waals surface area contributed by atoms with Gasteiger partial charge in [0.2, 0.25) is 5.91 Å². The van der Waals surface area contributed by atoms with Crippen molar-refractivity contribution in [3.8, 4) is 5.75 Å². The highest BCUT2D eigenvalue weighted by Crippen LogP contribution is 2.38. The minimum absolute atomic E-state index is 0.278. The highest BCUT2D eigenvalue weighted by atomic mass is 35.5. The molecule has 186 valence electrons. The minimum Gasteiger partial charge on any atom is -0.497 e. The first-order valence-corrected chi connectivity index (χ1v) is 12.6. The van der Waals surface area contributed by atoms with Gasteiger partial charge in [0, 0.05) is 24.0 Å². The molecule has 1 fully saturated rings. The zero-order valence-corrected chi connectivity index (χ0v) is 20.9. The number of hydroxylamine groups is 1. The van der Waals surface area contributed by atoms with Crippen LogP contribution in [-0.2, 0) is 17.6 Å². The SMILES string of the molecule is COc1ccc2ncc(Cl)c(CCCC3(C(=O)NO)CCN(CCCc4cccnc4)CC3)c2c1. The summed E-state index contributed by atoms with van der Waals surface area (Å²) in [5.41, 5.74) is 4.51. The van der Waals surface area contributed by atoms with Crippen molar-refractivity contribution in [3.05, 3.63) is 65.1 Å². The topological polar surface area (TPSA) is 87.6 Å². The zero-order valence-electron chi connectivity index (χ0n) is 20.2. The van der Waals surface area contributed by atoms with Crippen LogP contribution in [0.4, 0.5) is 0 Å². The Kier molecular flexibility index (Phi) is 8.55. The predicted molar refractivity (Wildman–Crippen MR) is 137 cm³/mol. The third-order valence-corrected chi connectivity index (χ3v) is 7.60. The number of aromatic nitrogens is 2. The molecule has 3 heterocycles. The Bertz CT molecular complexity index is 1130. The van der Waals surface area contributed by atoms with Gasteiger partial charge in [0.05, 0.1) is 23.1 Å². The summed E-state index contributed by atoms with van der Waals surface area (Å²) in [7, 11) is 1.64. The number of fused-ring (bicyclic) bond motifs is 1. The van der Waals surface area contributed by atoms with Crippen LogP contribution in [0, 0.1) is 5.41 Å². The number of likely N-dealkylation sites (tertiary alicyclic amines) is 1. The highest BCUT2D eigenvalue weighted by Gasteiger charge is 2.40. The summed E-state index contributed by atoms with van der Waals surface area (Å²) in [6, 6.07) is 9.85. The maximum absolute atomic E-state index is 12.8. The molecular weight excluding hydrogens is 464 g/mol. The Morgan fingerprint density at radius 2 is 2.03 bits per heavy atom. The third kappa shape index (κ3) is 6.10. The van der Waals surface area contributed by atoms with E-state index in [1.54, 1.807) is 19.5 Å². The lowest BCUT2D eigenvalue weighted by atomic mass is 9.73. The molecule has 1 aliphatic heterocycles. The lowest BCUT2D eigenvalue weighted by molar-refractivity contribution is -0.143. The van der Waals surface area contributed by atoms with Gasteiger partial charge >= 0.3 is 0 Å². The van der Waals surface area contributed by atoms with Gasteiger partial charge in [-0.25, -0.2) is 5.48 Å². The normalized spacial score (nSPS) is 15.7. The first kappa shape index (κ1) is 25.4. The fourth-order valence-electron chi connectivity index (χ4n) is 5.15. The van der Waals surface area contributed by atoms with E-state index in [4.69, 9.17) is 16.3 Å². The number of rotatable bonds is 10. The van der Waals surface area contributed by atoms with Gasteiger partial charge in [-0.05, 0) is 100.0 Å². The summed E-state index contributed by atoms with van der Waals surface area (Å²) >= 11 is 6.52. The summed E-state index contributed by atoms with van der Waals surface area (Å²) < 4.78 is 5.38. The number of pyridine rings is 2. The highest BCUT2D eigenvalue weighted by molar-refractivity contribution is 6.32. The number of nitrogens with zero attached hydrogens (tertiary/aromatic N) is 3. The Labute approximate surface area is 211 Å². The van der Waals surface area contributed by atoms with Crippen LogP contribution >= 0.6 is 11.6 Å². The lowest BCUT2D eigenvalue weighted by Gasteiger charge is -2.40. The number of piperidine rings is 1. The standard InChI is InChI=1S/C27H33ClN4O3/c1-35-21-8-9-25-23(17-21)22(24(28)19-30-25)7-2-10-27(26(33)31-34)11-15-32(16-12-27)14-4-6-20-5-3-13-29-18-20/h3,5,8-9,13,17-19,34H,2,4,6-7,10-12,14-16H2,1H3,(H,31,33). The van der Waals surface area contributed by atoms with Crippen LogP contribution < -0.4 is 10.2 Å². The van der Waals surface area contributed by atoms with E-state index in [9.17, 15) is 10.0 Å². The first-order valence-electron chi connectivity index (χ1n) is 12.2. The van der Waals surface area contributed by atoms with E-state index in [0.717, 1.165) is 80.4 Å². The summed E-state index contributed by atoms with van der Waals surface area (Å²) in [4.78, 5) is 23.8. The fraction of sp³-hybridized carbons (Fsp3) is 0.444. The molecule has 0 saturated carbocycles. The van der Waals surface area contributed by atoms with Gasteiger partial charge in [0.25, 0.3) is 0 Å². The summed E-state index contributed by atoms with van der Waals surface area (Å²) in [5.74, 6) is 0.481. The quantitative estimate of drug-likeness (QED) is 0.308. The molecule has 1 aromatic carbocycles. The smallest absolute Gasteiger partial charge is 0.249 e. The van der Waals surface area contributed by atoms with Crippen molar-refractivity contribution in [2.45, 2.75) is 44.9 Å². The molecule has 3 aromatic rings. The van der Waals surface area contributed by atoms with Crippen molar-refractivity contribution >= 4 is 28.4 Å². The maximum Gasteiger partial charge on any atom is 0.249 e. The van der Waals surface area contributed by atoms with Crippen molar-refractivity contribution < 1.29 is 14.7 Å². The summed E-state index contributed by atoms with van der Waals surface area (Å²) in [6.45, 7) is 2.68. The van der Waals surface area contributed by atoms with E-state index in [-0.39, 0.29) is 5.91 Å². The van der Waals surface area contributed by atoms with E-state index in [1.807, 2.05) is 35.9 Å². The van der Waals surface area contributed by atoms with Crippen LogP contribution in [0.15, 0.2) is 48.9 Å². The molecule has 4 rings (SSSR count). The molecule has 7 nitrogen and oxygen atoms in total. The Hall–Kier alpha value is -2.74. The molecule has 1 aliphatic rings. The molecule has 1 saturated heterocycles. The van der Waals surface area contributed by atoms with Gasteiger partial charge in [-0.3, -0.25) is 20.0 Å². The number of carbonyl (C=O) groups is 1. The van der Waals surface area contributed by atoms with Gasteiger partial charge in [0.15, 0.2) is 0 Å². The Balaban J connectivity index is 1.36.